The van der Waals surface area contributed by atoms with Crippen molar-refractivity contribution in [2.75, 3.05) is 11.5 Å². The Morgan fingerprint density at radius 1 is 1.35 bits per heavy atom. The zero-order valence-electron chi connectivity index (χ0n) is 10.9. The van der Waals surface area contributed by atoms with E-state index in [2.05, 4.69) is 11.5 Å². The number of carboxylic acid groups (broad SMARTS) is 1. The molecule has 0 aliphatic rings. The fraction of sp³-hybridized carbons (Fsp3) is 0.750. The molecule has 0 aromatic heterocycles. The van der Waals surface area contributed by atoms with Gasteiger partial charge in [-0.25, -0.2) is 5.26 Å². The van der Waals surface area contributed by atoms with Gasteiger partial charge < -0.3 is 9.99 Å². The summed E-state index contributed by atoms with van der Waals surface area (Å²) in [5.74, 6) is 0.821. The van der Waals surface area contributed by atoms with E-state index in [1.165, 1.54) is 0 Å². The van der Waals surface area contributed by atoms with Gasteiger partial charge in [0.05, 0.1) is 11.2 Å². The van der Waals surface area contributed by atoms with Crippen LogP contribution >= 0.6 is 11.8 Å². The summed E-state index contributed by atoms with van der Waals surface area (Å²) in [6, 6.07) is 0. The number of hydrogen-bond acceptors (Lipinski definition) is 4. The zero-order valence-corrected chi connectivity index (χ0v) is 11.8. The maximum Gasteiger partial charge on any atom is 0.309 e. The molecule has 0 aliphatic heterocycles. The van der Waals surface area contributed by atoms with Gasteiger partial charge >= 0.3 is 5.97 Å². The lowest BCUT2D eigenvalue weighted by Crippen LogP contribution is -2.31. The molecule has 0 amide bonds. The Balaban J connectivity index is 4.21. The molecule has 17 heavy (non-hydrogen) atoms. The number of rotatable bonds is 8. The fourth-order valence-corrected chi connectivity index (χ4v) is 2.83. The van der Waals surface area contributed by atoms with E-state index >= 15 is 0 Å². The molecule has 0 unspecified atom stereocenters. The fourth-order valence-electron chi connectivity index (χ4n) is 1.79. The first-order chi connectivity index (χ1) is 7.60. The normalized spacial score (nSPS) is 12.3. The molecule has 0 radical (unpaired) electrons. The van der Waals surface area contributed by atoms with E-state index in [0.717, 1.165) is 5.75 Å². The summed E-state index contributed by atoms with van der Waals surface area (Å²) < 4.78 is 0. The van der Waals surface area contributed by atoms with Gasteiger partial charge in [-0.2, -0.15) is 11.8 Å². The van der Waals surface area contributed by atoms with Gasteiger partial charge in [0.2, 0.25) is 0 Å². The molecule has 0 atom stereocenters. The summed E-state index contributed by atoms with van der Waals surface area (Å²) in [5.41, 5.74) is -0.823. The van der Waals surface area contributed by atoms with Crippen LogP contribution in [-0.2, 0) is 9.68 Å². The molecule has 0 aromatic rings. The topological polar surface area (TPSA) is 66.8 Å². The van der Waals surface area contributed by atoms with E-state index in [9.17, 15) is 4.79 Å². The van der Waals surface area contributed by atoms with Crippen molar-refractivity contribution < 1.29 is 20.0 Å². The van der Waals surface area contributed by atoms with Crippen molar-refractivity contribution in [1.82, 2.24) is 0 Å². The van der Waals surface area contributed by atoms with Crippen molar-refractivity contribution >= 4 is 17.7 Å². The molecule has 0 fully saturated rings. The summed E-state index contributed by atoms with van der Waals surface area (Å²) in [6.45, 7) is 11.0. The molecule has 0 saturated carbocycles. The quantitative estimate of drug-likeness (QED) is 0.399. The standard InChI is InChI=1S/C12H22O4S/c1-9(16-15)6-17-8-11(2,3)7-12(4,5)10(13)14/h15H,1,6-8H2,2-5H3,(H,13,14). The molecule has 0 bridgehead atoms. The van der Waals surface area contributed by atoms with Gasteiger partial charge in [0.15, 0.2) is 0 Å². The monoisotopic (exact) mass is 262 g/mol. The van der Waals surface area contributed by atoms with Gasteiger partial charge in [-0.3, -0.25) is 4.79 Å². The van der Waals surface area contributed by atoms with E-state index in [1.807, 2.05) is 13.8 Å². The van der Waals surface area contributed by atoms with E-state index in [-0.39, 0.29) is 5.41 Å². The first-order valence-corrected chi connectivity index (χ1v) is 6.56. The lowest BCUT2D eigenvalue weighted by atomic mass is 9.76. The number of aliphatic carboxylic acids is 1. The van der Waals surface area contributed by atoms with Crippen LogP contribution < -0.4 is 0 Å². The highest BCUT2D eigenvalue weighted by Gasteiger charge is 2.34. The van der Waals surface area contributed by atoms with E-state index in [4.69, 9.17) is 10.4 Å². The Morgan fingerprint density at radius 3 is 2.29 bits per heavy atom. The minimum absolute atomic E-state index is 0.0949. The van der Waals surface area contributed by atoms with E-state index < -0.39 is 11.4 Å². The molecule has 0 spiro atoms. The highest BCUT2D eigenvalue weighted by molar-refractivity contribution is 7.99. The number of carbonyl (C=O) groups is 1. The second-order valence-electron chi connectivity index (χ2n) is 5.65. The Morgan fingerprint density at radius 2 is 1.88 bits per heavy atom. The molecule has 0 heterocycles. The molecule has 0 aromatic carbocycles. The Labute approximate surface area is 107 Å². The SMILES string of the molecule is C=C(CSCC(C)(C)CC(C)(C)C(=O)O)OO. The Bertz CT molecular complexity index is 284. The second kappa shape index (κ2) is 6.31. The molecule has 100 valence electrons. The van der Waals surface area contributed by atoms with Crippen molar-refractivity contribution in [2.45, 2.75) is 34.1 Å². The van der Waals surface area contributed by atoms with Crippen molar-refractivity contribution in [3.8, 4) is 0 Å². The van der Waals surface area contributed by atoms with Gasteiger partial charge in [0, 0.05) is 0 Å². The molecular formula is C12H22O4S. The summed E-state index contributed by atoms with van der Waals surface area (Å²) >= 11 is 1.57. The second-order valence-corrected chi connectivity index (χ2v) is 6.64. The first kappa shape index (κ1) is 16.3. The minimum Gasteiger partial charge on any atom is -0.481 e. The maximum absolute atomic E-state index is 11.1. The summed E-state index contributed by atoms with van der Waals surface area (Å²) in [4.78, 5) is 15.0. The van der Waals surface area contributed by atoms with Crippen LogP contribution in [0.3, 0.4) is 0 Å². The lowest BCUT2D eigenvalue weighted by Gasteiger charge is -2.31. The van der Waals surface area contributed by atoms with Crippen LogP contribution in [-0.4, -0.2) is 27.8 Å². The molecule has 5 heteroatoms. The van der Waals surface area contributed by atoms with E-state index in [0.29, 0.717) is 17.9 Å². The third-order valence-corrected chi connectivity index (χ3v) is 3.90. The minimum atomic E-state index is -0.779. The molecule has 0 saturated heterocycles. The molecule has 0 aliphatic carbocycles. The van der Waals surface area contributed by atoms with Crippen molar-refractivity contribution in [1.29, 1.82) is 0 Å². The summed E-state index contributed by atoms with van der Waals surface area (Å²) in [7, 11) is 0. The number of thioether (sulfide) groups is 1. The lowest BCUT2D eigenvalue weighted by molar-refractivity contribution is -0.201. The van der Waals surface area contributed by atoms with Crippen LogP contribution in [0.4, 0.5) is 0 Å². The maximum atomic E-state index is 11.1. The van der Waals surface area contributed by atoms with Crippen LogP contribution in [0.2, 0.25) is 0 Å². The van der Waals surface area contributed by atoms with Gasteiger partial charge in [0.25, 0.3) is 0 Å². The first-order valence-electron chi connectivity index (χ1n) is 5.41. The van der Waals surface area contributed by atoms with Crippen molar-refractivity contribution in [3.63, 3.8) is 0 Å². The van der Waals surface area contributed by atoms with Crippen molar-refractivity contribution in [2.24, 2.45) is 10.8 Å². The molecular weight excluding hydrogens is 240 g/mol. The van der Waals surface area contributed by atoms with Crippen molar-refractivity contribution in [3.05, 3.63) is 12.3 Å². The summed E-state index contributed by atoms with van der Waals surface area (Å²) in [5, 5.41) is 17.4. The zero-order chi connectivity index (χ0) is 13.7. The highest BCUT2D eigenvalue weighted by Crippen LogP contribution is 2.36. The van der Waals surface area contributed by atoms with Crippen LogP contribution in [0.5, 0.6) is 0 Å². The average Bonchev–Trinajstić information content (AvgIpc) is 2.15. The largest absolute Gasteiger partial charge is 0.481 e. The van der Waals surface area contributed by atoms with Crippen LogP contribution in [0.25, 0.3) is 0 Å². The average molecular weight is 262 g/mol. The number of hydrogen-bond donors (Lipinski definition) is 2. The molecule has 0 rings (SSSR count). The van der Waals surface area contributed by atoms with Crippen LogP contribution in [0.1, 0.15) is 34.1 Å². The van der Waals surface area contributed by atoms with Crippen LogP contribution in [0.15, 0.2) is 12.3 Å². The number of carboxylic acids is 1. The van der Waals surface area contributed by atoms with Crippen LogP contribution in [0, 0.1) is 10.8 Å². The predicted octanol–water partition coefficient (Wildman–Crippen LogP) is 3.25. The Kier molecular flexibility index (Phi) is 6.05. The van der Waals surface area contributed by atoms with E-state index in [1.54, 1.807) is 25.6 Å². The van der Waals surface area contributed by atoms with Gasteiger partial charge in [-0.15, -0.1) is 0 Å². The Hall–Kier alpha value is -0.680. The highest BCUT2D eigenvalue weighted by atomic mass is 32.2. The predicted molar refractivity (Wildman–Crippen MR) is 70.0 cm³/mol. The third-order valence-electron chi connectivity index (χ3n) is 2.38. The molecule has 2 N–H and O–H groups in total. The molecule has 4 nitrogen and oxygen atoms in total. The van der Waals surface area contributed by atoms with Gasteiger partial charge in [-0.05, 0) is 31.4 Å². The summed E-state index contributed by atoms with van der Waals surface area (Å²) in [6.07, 6.45) is 0.592. The smallest absolute Gasteiger partial charge is 0.309 e. The van der Waals surface area contributed by atoms with Gasteiger partial charge in [-0.1, -0.05) is 20.4 Å². The van der Waals surface area contributed by atoms with Gasteiger partial charge in [0.1, 0.15) is 5.76 Å². The third kappa shape index (κ3) is 6.58.